The third kappa shape index (κ3) is 3.13. The van der Waals surface area contributed by atoms with Gasteiger partial charge in [0.25, 0.3) is 0 Å². The quantitative estimate of drug-likeness (QED) is 0.378. The van der Waals surface area contributed by atoms with Crippen molar-refractivity contribution in [3.05, 3.63) is 102 Å². The molecule has 0 amide bonds. The van der Waals surface area contributed by atoms with Gasteiger partial charge in [-0.15, -0.1) is 0 Å². The zero-order valence-corrected chi connectivity index (χ0v) is 17.6. The minimum Gasteiger partial charge on any atom is -0.320 e. The maximum absolute atomic E-state index is 4.73. The van der Waals surface area contributed by atoms with Gasteiger partial charge in [-0.2, -0.15) is 0 Å². The Morgan fingerprint density at radius 3 is 2.20 bits per heavy atom. The van der Waals surface area contributed by atoms with E-state index in [-0.39, 0.29) is 0 Å². The van der Waals surface area contributed by atoms with E-state index >= 15 is 0 Å². The van der Waals surface area contributed by atoms with E-state index in [2.05, 4.69) is 103 Å². The van der Waals surface area contributed by atoms with E-state index in [1.807, 2.05) is 12.3 Å². The van der Waals surface area contributed by atoms with E-state index in [4.69, 9.17) is 4.98 Å². The van der Waals surface area contributed by atoms with Crippen LogP contribution in [-0.2, 0) is 0 Å². The van der Waals surface area contributed by atoms with E-state index in [1.165, 1.54) is 33.5 Å². The second-order valence-corrected chi connectivity index (χ2v) is 8.00. The molecule has 0 saturated heterocycles. The maximum atomic E-state index is 4.73. The first-order valence-corrected chi connectivity index (χ1v) is 10.4. The first-order valence-electron chi connectivity index (χ1n) is 10.4. The van der Waals surface area contributed by atoms with Crippen LogP contribution in [0.4, 0.5) is 22.9 Å². The van der Waals surface area contributed by atoms with Crippen molar-refractivity contribution < 1.29 is 0 Å². The number of benzene rings is 3. The lowest BCUT2D eigenvalue weighted by Crippen LogP contribution is -2.24. The molecule has 1 aliphatic heterocycles. The van der Waals surface area contributed by atoms with Gasteiger partial charge in [0.15, 0.2) is 5.82 Å². The Kier molecular flexibility index (Phi) is 4.51. The minimum atomic E-state index is 0.742. The molecule has 4 aromatic rings. The van der Waals surface area contributed by atoms with Crippen LogP contribution in [0.25, 0.3) is 11.1 Å². The summed E-state index contributed by atoms with van der Waals surface area (Å²) in [6.07, 6.45) is 1.87. The molecule has 3 heteroatoms. The van der Waals surface area contributed by atoms with Gasteiger partial charge in [-0.3, -0.25) is 0 Å². The summed E-state index contributed by atoms with van der Waals surface area (Å²) in [5.74, 6) is 0.996. The molecule has 148 valence electrons. The summed E-state index contributed by atoms with van der Waals surface area (Å²) < 4.78 is 0. The first-order chi connectivity index (χ1) is 14.6. The topological polar surface area (TPSA) is 19.4 Å². The fourth-order valence-electron chi connectivity index (χ4n) is 4.59. The SMILES string of the molecule is Cc1cc(C)c(-c2cccc(N3CN(c4ccccc4)c4cccnc43)c2)c(C)c1. The largest absolute Gasteiger partial charge is 0.320 e. The normalized spacial score (nSPS) is 12.9. The summed E-state index contributed by atoms with van der Waals surface area (Å²) in [5.41, 5.74) is 9.98. The highest BCUT2D eigenvalue weighted by Crippen LogP contribution is 2.43. The second kappa shape index (κ2) is 7.34. The number of aryl methyl sites for hydroxylation is 3. The summed E-state index contributed by atoms with van der Waals surface area (Å²) >= 11 is 0. The minimum absolute atomic E-state index is 0.742. The number of pyridine rings is 1. The Morgan fingerprint density at radius 2 is 1.43 bits per heavy atom. The Balaban J connectivity index is 1.58. The summed E-state index contributed by atoms with van der Waals surface area (Å²) in [6.45, 7) is 7.30. The van der Waals surface area contributed by atoms with E-state index in [9.17, 15) is 0 Å². The molecule has 0 bridgehead atoms. The van der Waals surface area contributed by atoms with E-state index in [0.29, 0.717) is 0 Å². The zero-order valence-electron chi connectivity index (χ0n) is 17.6. The number of nitrogens with zero attached hydrogens (tertiary/aromatic N) is 3. The van der Waals surface area contributed by atoms with Gasteiger partial charge in [0.05, 0.1) is 5.69 Å². The molecular formula is C27H25N3. The Bertz CT molecular complexity index is 1190. The molecule has 0 atom stereocenters. The fraction of sp³-hybridized carbons (Fsp3) is 0.148. The van der Waals surface area contributed by atoms with E-state index in [1.54, 1.807) is 0 Å². The molecule has 1 aliphatic rings. The number of anilines is 4. The molecule has 0 spiro atoms. The van der Waals surface area contributed by atoms with Crippen LogP contribution in [0.3, 0.4) is 0 Å². The molecule has 0 aliphatic carbocycles. The predicted octanol–water partition coefficient (Wildman–Crippen LogP) is 6.92. The van der Waals surface area contributed by atoms with Crippen LogP contribution < -0.4 is 9.80 Å². The van der Waals surface area contributed by atoms with Crippen LogP contribution >= 0.6 is 0 Å². The zero-order chi connectivity index (χ0) is 20.7. The average molecular weight is 392 g/mol. The highest BCUT2D eigenvalue weighted by atomic mass is 15.4. The number of hydrogen-bond donors (Lipinski definition) is 0. The van der Waals surface area contributed by atoms with Crippen molar-refractivity contribution in [2.75, 3.05) is 16.5 Å². The molecule has 3 aromatic carbocycles. The molecule has 0 unspecified atom stereocenters. The van der Waals surface area contributed by atoms with Crippen LogP contribution in [0, 0.1) is 20.8 Å². The molecule has 5 rings (SSSR count). The van der Waals surface area contributed by atoms with Gasteiger partial charge >= 0.3 is 0 Å². The van der Waals surface area contributed by atoms with Crippen LogP contribution in [-0.4, -0.2) is 11.7 Å². The molecule has 0 N–H and O–H groups in total. The number of fused-ring (bicyclic) bond motifs is 1. The molecule has 0 fully saturated rings. The molecule has 0 saturated carbocycles. The van der Waals surface area contributed by atoms with Gasteiger partial charge in [-0.05, 0) is 79.4 Å². The average Bonchev–Trinajstić information content (AvgIpc) is 3.14. The van der Waals surface area contributed by atoms with Crippen LogP contribution in [0.2, 0.25) is 0 Å². The van der Waals surface area contributed by atoms with Crippen molar-refractivity contribution in [3.8, 4) is 11.1 Å². The van der Waals surface area contributed by atoms with Gasteiger partial charge in [-0.25, -0.2) is 4.98 Å². The summed E-state index contributed by atoms with van der Waals surface area (Å²) in [7, 11) is 0. The first kappa shape index (κ1) is 18.4. The van der Waals surface area contributed by atoms with Gasteiger partial charge in [-0.1, -0.05) is 48.0 Å². The monoisotopic (exact) mass is 391 g/mol. The van der Waals surface area contributed by atoms with Crippen LogP contribution in [0.5, 0.6) is 0 Å². The smallest absolute Gasteiger partial charge is 0.158 e. The Hall–Kier alpha value is -3.59. The fourth-order valence-corrected chi connectivity index (χ4v) is 4.59. The second-order valence-electron chi connectivity index (χ2n) is 8.00. The van der Waals surface area contributed by atoms with Crippen LogP contribution in [0.15, 0.2) is 85.1 Å². The third-order valence-corrected chi connectivity index (χ3v) is 5.79. The summed E-state index contributed by atoms with van der Waals surface area (Å²) in [4.78, 5) is 9.34. The van der Waals surface area contributed by atoms with Gasteiger partial charge in [0.1, 0.15) is 6.67 Å². The highest BCUT2D eigenvalue weighted by molar-refractivity contribution is 5.85. The standard InChI is InChI=1S/C27H25N3/c1-19-15-20(2)26(21(3)16-19)22-9-7-12-24(17-22)30-18-29(23-10-5-4-6-11-23)25-13-8-14-28-27(25)30/h4-17H,18H2,1-3H3. The van der Waals surface area contributed by atoms with Crippen molar-refractivity contribution >= 4 is 22.9 Å². The summed E-state index contributed by atoms with van der Waals surface area (Å²) in [6, 6.07) is 28.0. The third-order valence-electron chi connectivity index (χ3n) is 5.79. The molecule has 0 radical (unpaired) electrons. The number of hydrogen-bond acceptors (Lipinski definition) is 3. The van der Waals surface area contributed by atoms with Crippen molar-refractivity contribution in [1.29, 1.82) is 0 Å². The van der Waals surface area contributed by atoms with Crippen molar-refractivity contribution in [2.45, 2.75) is 20.8 Å². The summed E-state index contributed by atoms with van der Waals surface area (Å²) in [5, 5.41) is 0. The predicted molar refractivity (Wildman–Crippen MR) is 126 cm³/mol. The van der Waals surface area contributed by atoms with Gasteiger partial charge in [0.2, 0.25) is 0 Å². The highest BCUT2D eigenvalue weighted by Gasteiger charge is 2.29. The molecular weight excluding hydrogens is 366 g/mol. The van der Waals surface area contributed by atoms with E-state index < -0.39 is 0 Å². The van der Waals surface area contributed by atoms with Gasteiger partial charge < -0.3 is 9.80 Å². The molecule has 30 heavy (non-hydrogen) atoms. The lowest BCUT2D eigenvalue weighted by atomic mass is 9.93. The van der Waals surface area contributed by atoms with E-state index in [0.717, 1.165) is 23.9 Å². The number of rotatable bonds is 3. The number of aromatic nitrogens is 1. The Morgan fingerprint density at radius 1 is 0.700 bits per heavy atom. The lowest BCUT2D eigenvalue weighted by molar-refractivity contribution is 0.981. The van der Waals surface area contributed by atoms with Crippen LogP contribution in [0.1, 0.15) is 16.7 Å². The van der Waals surface area contributed by atoms with Crippen molar-refractivity contribution in [2.24, 2.45) is 0 Å². The maximum Gasteiger partial charge on any atom is 0.158 e. The van der Waals surface area contributed by atoms with Crippen molar-refractivity contribution in [1.82, 2.24) is 4.98 Å². The Labute approximate surface area is 178 Å². The molecule has 1 aromatic heterocycles. The molecule has 3 nitrogen and oxygen atoms in total. The molecule has 2 heterocycles. The van der Waals surface area contributed by atoms with Crippen molar-refractivity contribution in [3.63, 3.8) is 0 Å². The van der Waals surface area contributed by atoms with Gasteiger partial charge in [0, 0.05) is 17.6 Å². The lowest BCUT2D eigenvalue weighted by Gasteiger charge is -2.22. The number of para-hydroxylation sites is 1.